The second kappa shape index (κ2) is 5.00. The molecule has 1 aromatic carbocycles. The number of hydrogen-bond acceptors (Lipinski definition) is 6. The number of anilines is 1. The van der Waals surface area contributed by atoms with Gasteiger partial charge < -0.3 is 10.3 Å². The molecule has 0 aliphatic rings. The zero-order chi connectivity index (χ0) is 14.0. The Labute approximate surface area is 111 Å². The molecule has 2 aromatic rings. The first kappa shape index (κ1) is 13.5. The van der Waals surface area contributed by atoms with Gasteiger partial charge in [-0.2, -0.15) is 4.98 Å². The Morgan fingerprint density at radius 1 is 1.42 bits per heavy atom. The summed E-state index contributed by atoms with van der Waals surface area (Å²) < 4.78 is 27.9. The zero-order valence-corrected chi connectivity index (χ0v) is 11.5. The first-order valence-corrected chi connectivity index (χ1v) is 7.67. The van der Waals surface area contributed by atoms with Crippen LogP contribution in [0.2, 0.25) is 0 Å². The average molecular weight is 281 g/mol. The number of benzene rings is 1. The van der Waals surface area contributed by atoms with E-state index in [1.54, 1.807) is 6.07 Å². The summed E-state index contributed by atoms with van der Waals surface area (Å²) in [4.78, 5) is 4.10. The van der Waals surface area contributed by atoms with Crippen molar-refractivity contribution in [2.24, 2.45) is 0 Å². The molecule has 0 fully saturated rings. The van der Waals surface area contributed by atoms with Crippen molar-refractivity contribution in [2.75, 3.05) is 12.0 Å². The van der Waals surface area contributed by atoms with Crippen molar-refractivity contribution in [2.45, 2.75) is 18.6 Å². The maximum absolute atomic E-state index is 11.4. The highest BCUT2D eigenvalue weighted by Gasteiger charge is 2.23. The van der Waals surface area contributed by atoms with E-state index < -0.39 is 15.1 Å². The molecule has 19 heavy (non-hydrogen) atoms. The minimum Gasteiger partial charge on any atom is -0.399 e. The lowest BCUT2D eigenvalue weighted by Crippen LogP contribution is -2.09. The van der Waals surface area contributed by atoms with Crippen LogP contribution in [0, 0.1) is 0 Å². The fraction of sp³-hybridized carbons (Fsp3) is 0.333. The molecule has 1 unspecified atom stereocenters. The highest BCUT2D eigenvalue weighted by Crippen LogP contribution is 2.19. The Hall–Kier alpha value is -1.89. The van der Waals surface area contributed by atoms with Crippen molar-refractivity contribution < 1.29 is 12.9 Å². The lowest BCUT2D eigenvalue weighted by molar-refractivity contribution is 0.379. The fourth-order valence-electron chi connectivity index (χ4n) is 1.57. The number of rotatable bonds is 4. The van der Waals surface area contributed by atoms with E-state index in [1.165, 1.54) is 6.92 Å². The molecule has 102 valence electrons. The van der Waals surface area contributed by atoms with Crippen molar-refractivity contribution >= 4 is 15.5 Å². The maximum Gasteiger partial charge on any atom is 0.231 e. The fourth-order valence-corrected chi connectivity index (χ4v) is 2.05. The lowest BCUT2D eigenvalue weighted by atomic mass is 10.1. The molecule has 0 aliphatic carbocycles. The van der Waals surface area contributed by atoms with Crippen LogP contribution in [-0.2, 0) is 16.3 Å². The van der Waals surface area contributed by atoms with Crippen molar-refractivity contribution in [3.05, 3.63) is 41.5 Å². The number of hydrogen-bond donors (Lipinski definition) is 1. The van der Waals surface area contributed by atoms with Crippen molar-refractivity contribution in [3.8, 4) is 0 Å². The summed E-state index contributed by atoms with van der Waals surface area (Å²) >= 11 is 0. The van der Waals surface area contributed by atoms with Gasteiger partial charge in [0, 0.05) is 11.9 Å². The Morgan fingerprint density at radius 2 is 2.16 bits per heavy atom. The molecule has 0 aliphatic heterocycles. The van der Waals surface area contributed by atoms with Gasteiger partial charge in [0.2, 0.25) is 5.89 Å². The van der Waals surface area contributed by atoms with Crippen LogP contribution in [0.1, 0.15) is 29.5 Å². The van der Waals surface area contributed by atoms with E-state index >= 15 is 0 Å². The van der Waals surface area contributed by atoms with Crippen LogP contribution in [0.5, 0.6) is 0 Å². The second-order valence-corrected chi connectivity index (χ2v) is 6.81. The molecule has 2 N–H and O–H groups in total. The van der Waals surface area contributed by atoms with E-state index in [0.717, 1.165) is 11.8 Å². The lowest BCUT2D eigenvalue weighted by Gasteiger charge is -2.01. The third-order valence-electron chi connectivity index (χ3n) is 2.80. The summed E-state index contributed by atoms with van der Waals surface area (Å²) in [6.07, 6.45) is 1.57. The number of nitrogens with zero attached hydrogens (tertiary/aromatic N) is 2. The molecular formula is C12H15N3O3S. The smallest absolute Gasteiger partial charge is 0.231 e. The third kappa shape index (κ3) is 3.31. The molecular weight excluding hydrogens is 266 g/mol. The quantitative estimate of drug-likeness (QED) is 0.849. The van der Waals surface area contributed by atoms with Crippen LogP contribution in [0.25, 0.3) is 0 Å². The summed E-state index contributed by atoms with van der Waals surface area (Å²) in [5.41, 5.74) is 7.26. The summed E-state index contributed by atoms with van der Waals surface area (Å²) in [5.74, 6) is 0.553. The van der Waals surface area contributed by atoms with Crippen LogP contribution >= 0.6 is 0 Å². The van der Waals surface area contributed by atoms with E-state index in [2.05, 4.69) is 10.1 Å². The molecule has 0 saturated carbocycles. The van der Waals surface area contributed by atoms with Gasteiger partial charge in [0.25, 0.3) is 0 Å². The second-order valence-electron chi connectivity index (χ2n) is 4.44. The SMILES string of the molecule is CC(c1noc(Cc2cccc(N)c2)n1)S(C)(=O)=O. The van der Waals surface area contributed by atoms with E-state index in [9.17, 15) is 8.42 Å². The van der Waals surface area contributed by atoms with Gasteiger partial charge >= 0.3 is 0 Å². The number of aromatic nitrogens is 2. The largest absolute Gasteiger partial charge is 0.399 e. The summed E-state index contributed by atoms with van der Waals surface area (Å²) in [7, 11) is -3.23. The molecule has 7 heteroatoms. The number of nitrogen functional groups attached to an aromatic ring is 1. The van der Waals surface area contributed by atoms with Crippen LogP contribution in [0.4, 0.5) is 5.69 Å². The first-order valence-electron chi connectivity index (χ1n) is 5.72. The molecule has 0 saturated heterocycles. The summed E-state index contributed by atoms with van der Waals surface area (Å²) in [5, 5.41) is 2.93. The molecule has 1 heterocycles. The number of sulfone groups is 1. The van der Waals surface area contributed by atoms with Gasteiger partial charge in [-0.25, -0.2) is 8.42 Å². The van der Waals surface area contributed by atoms with E-state index in [4.69, 9.17) is 10.3 Å². The predicted molar refractivity (Wildman–Crippen MR) is 71.2 cm³/mol. The van der Waals surface area contributed by atoms with Gasteiger partial charge in [-0.15, -0.1) is 0 Å². The van der Waals surface area contributed by atoms with Gasteiger partial charge in [0.05, 0.1) is 6.42 Å². The van der Waals surface area contributed by atoms with E-state index in [1.807, 2.05) is 18.2 Å². The van der Waals surface area contributed by atoms with Crippen LogP contribution in [0.15, 0.2) is 28.8 Å². The first-order chi connectivity index (χ1) is 8.86. The molecule has 6 nitrogen and oxygen atoms in total. The molecule has 0 spiro atoms. The van der Waals surface area contributed by atoms with Gasteiger partial charge in [-0.1, -0.05) is 17.3 Å². The Kier molecular flexibility index (Phi) is 3.57. The summed E-state index contributed by atoms with van der Waals surface area (Å²) in [6.45, 7) is 1.53. The van der Waals surface area contributed by atoms with Crippen molar-refractivity contribution in [1.29, 1.82) is 0 Å². The van der Waals surface area contributed by atoms with Gasteiger partial charge in [0.15, 0.2) is 15.7 Å². The molecule has 2 rings (SSSR count). The molecule has 0 bridgehead atoms. The molecule has 1 atom stereocenters. The minimum absolute atomic E-state index is 0.182. The van der Waals surface area contributed by atoms with Crippen molar-refractivity contribution in [1.82, 2.24) is 10.1 Å². The monoisotopic (exact) mass is 281 g/mol. The molecule has 0 amide bonds. The Balaban J connectivity index is 2.18. The van der Waals surface area contributed by atoms with Gasteiger partial charge in [0.1, 0.15) is 5.25 Å². The highest BCUT2D eigenvalue weighted by atomic mass is 32.2. The topological polar surface area (TPSA) is 99.1 Å². The average Bonchev–Trinajstić information content (AvgIpc) is 2.75. The predicted octanol–water partition coefficient (Wildman–Crippen LogP) is 1.35. The highest BCUT2D eigenvalue weighted by molar-refractivity contribution is 7.90. The minimum atomic E-state index is -3.23. The zero-order valence-electron chi connectivity index (χ0n) is 10.7. The van der Waals surface area contributed by atoms with Crippen molar-refractivity contribution in [3.63, 3.8) is 0 Å². The van der Waals surface area contributed by atoms with Gasteiger partial charge in [-0.05, 0) is 24.6 Å². The Bertz CT molecular complexity index is 679. The number of nitrogens with two attached hydrogens (primary N) is 1. The molecule has 1 aromatic heterocycles. The normalized spacial score (nSPS) is 13.4. The van der Waals surface area contributed by atoms with Gasteiger partial charge in [-0.3, -0.25) is 0 Å². The summed E-state index contributed by atoms with van der Waals surface area (Å²) in [6, 6.07) is 7.32. The maximum atomic E-state index is 11.4. The molecule has 0 radical (unpaired) electrons. The Morgan fingerprint density at radius 3 is 2.79 bits per heavy atom. The van der Waals surface area contributed by atoms with E-state index in [0.29, 0.717) is 18.0 Å². The van der Waals surface area contributed by atoms with Crippen LogP contribution < -0.4 is 5.73 Å². The van der Waals surface area contributed by atoms with E-state index in [-0.39, 0.29) is 5.82 Å². The third-order valence-corrected chi connectivity index (χ3v) is 4.29. The van der Waals surface area contributed by atoms with Crippen LogP contribution in [0.3, 0.4) is 0 Å². The standard InChI is InChI=1S/C12H15N3O3S/c1-8(19(2,16)17)12-14-11(18-15-12)7-9-4-3-5-10(13)6-9/h3-6,8H,7,13H2,1-2H3. The van der Waals surface area contributed by atoms with Crippen LogP contribution in [-0.4, -0.2) is 24.8 Å².